The Hall–Kier alpha value is -1.96. The van der Waals surface area contributed by atoms with Gasteiger partial charge in [-0.3, -0.25) is 4.79 Å². The summed E-state index contributed by atoms with van der Waals surface area (Å²) in [5.41, 5.74) is 1.45. The third kappa shape index (κ3) is 2.51. The topological polar surface area (TPSA) is 93.4 Å². The van der Waals surface area contributed by atoms with Gasteiger partial charge in [-0.15, -0.1) is 0 Å². The molecule has 112 valence electrons. The molecule has 1 aliphatic rings. The number of rotatable bonds is 2. The van der Waals surface area contributed by atoms with E-state index in [9.17, 15) is 13.2 Å². The molecule has 21 heavy (non-hydrogen) atoms. The van der Waals surface area contributed by atoms with Gasteiger partial charge in [0, 0.05) is 19.3 Å². The summed E-state index contributed by atoms with van der Waals surface area (Å²) in [7, 11) is -1.40. The van der Waals surface area contributed by atoms with Crippen LogP contribution in [-0.2, 0) is 9.84 Å². The lowest BCUT2D eigenvalue weighted by Crippen LogP contribution is -2.37. The number of hydrogen-bond donors (Lipinski definition) is 0. The molecule has 0 radical (unpaired) electrons. The van der Waals surface area contributed by atoms with Crippen molar-refractivity contribution in [3.05, 3.63) is 23.5 Å². The number of aromatic nitrogens is 2. The predicted octanol–water partition coefficient (Wildman–Crippen LogP) is 0.790. The van der Waals surface area contributed by atoms with Gasteiger partial charge in [0.25, 0.3) is 11.6 Å². The van der Waals surface area contributed by atoms with Crippen LogP contribution in [0.15, 0.2) is 16.8 Å². The smallest absolute Gasteiger partial charge is 0.257 e. The fourth-order valence-corrected chi connectivity index (χ4v) is 4.29. The highest BCUT2D eigenvalue weighted by Crippen LogP contribution is 2.21. The van der Waals surface area contributed by atoms with Crippen molar-refractivity contribution in [1.82, 2.24) is 15.0 Å². The summed E-state index contributed by atoms with van der Waals surface area (Å²) in [6, 6.07) is 1.40. The highest BCUT2D eigenvalue weighted by Gasteiger charge is 2.33. The average Bonchev–Trinajstić information content (AvgIpc) is 3.00. The number of amides is 1. The van der Waals surface area contributed by atoms with Gasteiger partial charge in [0.15, 0.2) is 9.84 Å². The lowest BCUT2D eigenvalue weighted by atomic mass is 10.1. The highest BCUT2D eigenvalue weighted by molar-refractivity contribution is 7.91. The van der Waals surface area contributed by atoms with E-state index in [0.29, 0.717) is 28.8 Å². The molecule has 2 aromatic heterocycles. The van der Waals surface area contributed by atoms with Crippen LogP contribution < -0.4 is 0 Å². The fraction of sp³-hybridized carbons (Fsp3) is 0.462. The zero-order chi connectivity index (χ0) is 15.2. The molecule has 2 aromatic rings. The first-order chi connectivity index (χ1) is 9.87. The van der Waals surface area contributed by atoms with Crippen molar-refractivity contribution < 1.29 is 17.7 Å². The van der Waals surface area contributed by atoms with Crippen LogP contribution >= 0.6 is 0 Å². The van der Waals surface area contributed by atoms with Gasteiger partial charge in [-0.05, 0) is 19.4 Å². The van der Waals surface area contributed by atoms with E-state index >= 15 is 0 Å². The van der Waals surface area contributed by atoms with Crippen molar-refractivity contribution >= 4 is 26.8 Å². The minimum atomic E-state index is -3.02. The first-order valence-corrected chi connectivity index (χ1v) is 8.39. The SMILES string of the molecule is Cc1noc2ncc(C(=O)N(C)[C@H]3CCS(=O)(=O)C3)cc12. The molecule has 0 N–H and O–H groups in total. The molecule has 1 aliphatic heterocycles. The highest BCUT2D eigenvalue weighted by atomic mass is 32.2. The molecular weight excluding hydrogens is 294 g/mol. The number of aryl methyl sites for hydroxylation is 1. The maximum Gasteiger partial charge on any atom is 0.257 e. The van der Waals surface area contributed by atoms with Crippen molar-refractivity contribution in [3.63, 3.8) is 0 Å². The van der Waals surface area contributed by atoms with Crippen molar-refractivity contribution in [2.75, 3.05) is 18.6 Å². The third-order valence-corrected chi connectivity index (χ3v) is 5.58. The molecule has 0 aliphatic carbocycles. The molecular formula is C13H15N3O4S. The van der Waals surface area contributed by atoms with E-state index in [4.69, 9.17) is 4.52 Å². The predicted molar refractivity (Wildman–Crippen MR) is 75.7 cm³/mol. The Kier molecular flexibility index (Phi) is 3.20. The first-order valence-electron chi connectivity index (χ1n) is 6.57. The van der Waals surface area contributed by atoms with Crippen LogP contribution in [0.25, 0.3) is 11.1 Å². The first kappa shape index (κ1) is 14.0. The maximum absolute atomic E-state index is 12.5. The zero-order valence-electron chi connectivity index (χ0n) is 11.7. The largest absolute Gasteiger partial charge is 0.338 e. The average molecular weight is 309 g/mol. The molecule has 1 atom stereocenters. The molecule has 7 nitrogen and oxygen atoms in total. The standard InChI is InChI=1S/C13H15N3O4S/c1-8-11-5-9(6-14-12(11)20-15-8)13(17)16(2)10-3-4-21(18,19)7-10/h5-6,10H,3-4,7H2,1-2H3/t10-/m0/s1. The second kappa shape index (κ2) is 4.80. The molecule has 0 unspecified atom stereocenters. The Balaban J connectivity index is 1.87. The molecule has 0 spiro atoms. The number of nitrogens with zero attached hydrogens (tertiary/aromatic N) is 3. The Labute approximate surface area is 121 Å². The van der Waals surface area contributed by atoms with Crippen molar-refractivity contribution in [3.8, 4) is 0 Å². The van der Waals surface area contributed by atoms with Gasteiger partial charge in [-0.25, -0.2) is 13.4 Å². The van der Waals surface area contributed by atoms with Gasteiger partial charge < -0.3 is 9.42 Å². The lowest BCUT2D eigenvalue weighted by molar-refractivity contribution is 0.0747. The molecule has 3 heterocycles. The van der Waals surface area contributed by atoms with Crippen LogP contribution in [0.5, 0.6) is 0 Å². The summed E-state index contributed by atoms with van der Waals surface area (Å²) in [5.74, 6) is -0.0822. The molecule has 3 rings (SSSR count). The lowest BCUT2D eigenvalue weighted by Gasteiger charge is -2.23. The van der Waals surface area contributed by atoms with E-state index < -0.39 is 9.84 Å². The van der Waals surface area contributed by atoms with Crippen LogP contribution in [0.4, 0.5) is 0 Å². The van der Waals surface area contributed by atoms with Gasteiger partial charge in [0.2, 0.25) is 0 Å². The molecule has 1 saturated heterocycles. The molecule has 0 bridgehead atoms. The Bertz CT molecular complexity index is 812. The number of pyridine rings is 1. The Morgan fingerprint density at radius 3 is 2.90 bits per heavy atom. The normalized spacial score (nSPS) is 20.8. The van der Waals surface area contributed by atoms with Crippen molar-refractivity contribution in [1.29, 1.82) is 0 Å². The van der Waals surface area contributed by atoms with Crippen LogP contribution in [0.1, 0.15) is 22.5 Å². The number of hydrogen-bond acceptors (Lipinski definition) is 6. The van der Waals surface area contributed by atoms with Crippen molar-refractivity contribution in [2.24, 2.45) is 0 Å². The summed E-state index contributed by atoms with van der Waals surface area (Å²) in [6.07, 6.45) is 1.90. The third-order valence-electron chi connectivity index (χ3n) is 3.83. The molecule has 0 aromatic carbocycles. The van der Waals surface area contributed by atoms with E-state index in [1.54, 1.807) is 20.0 Å². The van der Waals surface area contributed by atoms with Crippen LogP contribution in [-0.4, -0.2) is 54.0 Å². The van der Waals surface area contributed by atoms with E-state index in [1.165, 1.54) is 11.1 Å². The van der Waals surface area contributed by atoms with Crippen LogP contribution in [0.3, 0.4) is 0 Å². The van der Waals surface area contributed by atoms with E-state index in [-0.39, 0.29) is 23.5 Å². The molecule has 8 heteroatoms. The fourth-order valence-electron chi connectivity index (χ4n) is 2.51. The summed E-state index contributed by atoms with van der Waals surface area (Å²) < 4.78 is 28.0. The summed E-state index contributed by atoms with van der Waals surface area (Å²) >= 11 is 0. The minimum Gasteiger partial charge on any atom is -0.338 e. The van der Waals surface area contributed by atoms with Gasteiger partial charge >= 0.3 is 0 Å². The van der Waals surface area contributed by atoms with Crippen LogP contribution in [0, 0.1) is 6.92 Å². The Morgan fingerprint density at radius 2 is 2.24 bits per heavy atom. The van der Waals surface area contributed by atoms with E-state index in [1.807, 2.05) is 0 Å². The second-order valence-corrected chi connectivity index (χ2v) is 7.55. The summed E-state index contributed by atoms with van der Waals surface area (Å²) in [4.78, 5) is 18.0. The van der Waals surface area contributed by atoms with Gasteiger partial charge in [0.1, 0.15) is 0 Å². The number of sulfone groups is 1. The quantitative estimate of drug-likeness (QED) is 0.814. The monoisotopic (exact) mass is 309 g/mol. The molecule has 0 saturated carbocycles. The zero-order valence-corrected chi connectivity index (χ0v) is 12.6. The molecule has 1 amide bonds. The van der Waals surface area contributed by atoms with E-state index in [2.05, 4.69) is 10.1 Å². The van der Waals surface area contributed by atoms with E-state index in [0.717, 1.165) is 0 Å². The number of fused-ring (bicyclic) bond motifs is 1. The second-order valence-electron chi connectivity index (χ2n) is 5.32. The number of carbonyl (C=O) groups excluding carboxylic acids is 1. The van der Waals surface area contributed by atoms with Crippen LogP contribution in [0.2, 0.25) is 0 Å². The van der Waals surface area contributed by atoms with Gasteiger partial charge in [0.05, 0.1) is 28.1 Å². The Morgan fingerprint density at radius 1 is 1.48 bits per heavy atom. The van der Waals surface area contributed by atoms with Crippen molar-refractivity contribution in [2.45, 2.75) is 19.4 Å². The summed E-state index contributed by atoms with van der Waals surface area (Å²) in [6.45, 7) is 1.77. The number of carbonyl (C=O) groups is 1. The van der Waals surface area contributed by atoms with Gasteiger partial charge in [-0.1, -0.05) is 5.16 Å². The van der Waals surface area contributed by atoms with Gasteiger partial charge in [-0.2, -0.15) is 0 Å². The summed E-state index contributed by atoms with van der Waals surface area (Å²) in [5, 5.41) is 4.48. The minimum absolute atomic E-state index is 0.0250. The maximum atomic E-state index is 12.5. The molecule has 1 fully saturated rings.